The number of rotatable bonds is 2. The summed E-state index contributed by atoms with van der Waals surface area (Å²) in [7, 11) is 0. The number of aromatic nitrogens is 1. The molecule has 1 fully saturated rings. The SMILES string of the molecule is CC1(F)CCN(c2ccc3nccc(C(=O)O)c3c2)C1. The first-order valence-corrected chi connectivity index (χ1v) is 6.52. The average Bonchev–Trinajstić information content (AvgIpc) is 2.77. The Morgan fingerprint density at radius 2 is 2.25 bits per heavy atom. The Balaban J connectivity index is 2.06. The molecular weight excluding hydrogens is 259 g/mol. The zero-order valence-corrected chi connectivity index (χ0v) is 11.1. The number of hydrogen-bond donors (Lipinski definition) is 1. The highest BCUT2D eigenvalue weighted by Gasteiger charge is 2.33. The first-order valence-electron chi connectivity index (χ1n) is 6.52. The van der Waals surface area contributed by atoms with E-state index in [4.69, 9.17) is 0 Å². The van der Waals surface area contributed by atoms with Crippen molar-refractivity contribution >= 4 is 22.6 Å². The van der Waals surface area contributed by atoms with Gasteiger partial charge in [-0.2, -0.15) is 0 Å². The molecule has 1 N–H and O–H groups in total. The maximum absolute atomic E-state index is 13.9. The maximum Gasteiger partial charge on any atom is 0.336 e. The number of carbonyl (C=O) groups is 1. The van der Waals surface area contributed by atoms with Crippen LogP contribution >= 0.6 is 0 Å². The highest BCUT2D eigenvalue weighted by Crippen LogP contribution is 2.31. The van der Waals surface area contributed by atoms with Crippen molar-refractivity contribution in [2.75, 3.05) is 18.0 Å². The third-order valence-electron chi connectivity index (χ3n) is 3.74. The van der Waals surface area contributed by atoms with Crippen LogP contribution in [0.15, 0.2) is 30.5 Å². The molecule has 0 bridgehead atoms. The van der Waals surface area contributed by atoms with E-state index in [0.717, 1.165) is 5.69 Å². The normalized spacial score (nSPS) is 22.4. The number of aromatic carboxylic acids is 1. The summed E-state index contributed by atoms with van der Waals surface area (Å²) in [5, 5.41) is 9.81. The van der Waals surface area contributed by atoms with E-state index in [1.807, 2.05) is 11.0 Å². The van der Waals surface area contributed by atoms with Crippen molar-refractivity contribution in [2.24, 2.45) is 0 Å². The molecular formula is C15H15FN2O2. The molecule has 5 heteroatoms. The molecule has 104 valence electrons. The van der Waals surface area contributed by atoms with Crippen molar-refractivity contribution in [3.05, 3.63) is 36.0 Å². The summed E-state index contributed by atoms with van der Waals surface area (Å²) >= 11 is 0. The van der Waals surface area contributed by atoms with Crippen molar-refractivity contribution in [2.45, 2.75) is 19.0 Å². The van der Waals surface area contributed by atoms with Crippen LogP contribution < -0.4 is 4.90 Å². The van der Waals surface area contributed by atoms with Gasteiger partial charge in [0.2, 0.25) is 0 Å². The lowest BCUT2D eigenvalue weighted by molar-refractivity contribution is 0.0699. The van der Waals surface area contributed by atoms with E-state index in [2.05, 4.69) is 4.98 Å². The Bertz CT molecular complexity index is 685. The van der Waals surface area contributed by atoms with Crippen LogP contribution in [0, 0.1) is 0 Å². The summed E-state index contributed by atoms with van der Waals surface area (Å²) in [6.45, 7) is 2.57. The van der Waals surface area contributed by atoms with Gasteiger partial charge in [-0.3, -0.25) is 4.98 Å². The zero-order chi connectivity index (χ0) is 14.3. The number of anilines is 1. The van der Waals surface area contributed by atoms with Gasteiger partial charge in [0.05, 0.1) is 17.6 Å². The van der Waals surface area contributed by atoms with Gasteiger partial charge in [-0.25, -0.2) is 9.18 Å². The molecule has 0 saturated carbocycles. The number of nitrogens with zero attached hydrogens (tertiary/aromatic N) is 2. The first-order chi connectivity index (χ1) is 9.46. The fourth-order valence-corrected chi connectivity index (χ4v) is 2.66. The third-order valence-corrected chi connectivity index (χ3v) is 3.74. The Hall–Kier alpha value is -2.17. The summed E-state index contributed by atoms with van der Waals surface area (Å²) < 4.78 is 13.9. The lowest BCUT2D eigenvalue weighted by Crippen LogP contribution is -2.25. The highest BCUT2D eigenvalue weighted by molar-refractivity contribution is 6.03. The Morgan fingerprint density at radius 1 is 1.45 bits per heavy atom. The van der Waals surface area contributed by atoms with Gasteiger partial charge in [-0.15, -0.1) is 0 Å². The van der Waals surface area contributed by atoms with E-state index in [-0.39, 0.29) is 5.56 Å². The fourth-order valence-electron chi connectivity index (χ4n) is 2.66. The second kappa shape index (κ2) is 4.44. The molecule has 20 heavy (non-hydrogen) atoms. The van der Waals surface area contributed by atoms with Gasteiger partial charge in [0.1, 0.15) is 5.67 Å². The molecule has 4 nitrogen and oxygen atoms in total. The van der Waals surface area contributed by atoms with Gasteiger partial charge >= 0.3 is 5.97 Å². The largest absolute Gasteiger partial charge is 0.478 e. The minimum Gasteiger partial charge on any atom is -0.478 e. The lowest BCUT2D eigenvalue weighted by Gasteiger charge is -2.20. The molecule has 0 radical (unpaired) electrons. The van der Waals surface area contributed by atoms with E-state index in [1.54, 1.807) is 19.1 Å². The minimum atomic E-state index is -1.18. The molecule has 0 spiro atoms. The van der Waals surface area contributed by atoms with Gasteiger partial charge in [0.25, 0.3) is 0 Å². The molecule has 1 aliphatic rings. The summed E-state index contributed by atoms with van der Waals surface area (Å²) in [5.41, 5.74) is 0.517. The summed E-state index contributed by atoms with van der Waals surface area (Å²) in [6, 6.07) is 6.91. The van der Waals surface area contributed by atoms with E-state index in [9.17, 15) is 14.3 Å². The highest BCUT2D eigenvalue weighted by atomic mass is 19.1. The average molecular weight is 274 g/mol. The molecule has 1 aliphatic heterocycles. The van der Waals surface area contributed by atoms with Crippen molar-refractivity contribution < 1.29 is 14.3 Å². The van der Waals surface area contributed by atoms with Crippen LogP contribution in [-0.2, 0) is 0 Å². The second-order valence-corrected chi connectivity index (χ2v) is 5.45. The van der Waals surface area contributed by atoms with Crippen molar-refractivity contribution in [3.8, 4) is 0 Å². The van der Waals surface area contributed by atoms with Crippen LogP contribution in [0.2, 0.25) is 0 Å². The van der Waals surface area contributed by atoms with Crippen LogP contribution in [-0.4, -0.2) is 34.8 Å². The maximum atomic E-state index is 13.9. The van der Waals surface area contributed by atoms with E-state index in [0.29, 0.717) is 30.4 Å². The van der Waals surface area contributed by atoms with Gasteiger partial charge in [0, 0.05) is 30.2 Å². The van der Waals surface area contributed by atoms with Gasteiger partial charge in [-0.05, 0) is 31.2 Å². The number of halogens is 1. The summed E-state index contributed by atoms with van der Waals surface area (Å²) in [5.74, 6) is -0.980. The van der Waals surface area contributed by atoms with Crippen molar-refractivity contribution in [1.82, 2.24) is 4.98 Å². The number of pyridine rings is 1. The smallest absolute Gasteiger partial charge is 0.336 e. The third kappa shape index (κ3) is 2.19. The van der Waals surface area contributed by atoms with E-state index in [1.165, 1.54) is 12.3 Å². The summed E-state index contributed by atoms with van der Waals surface area (Å²) in [4.78, 5) is 17.4. The molecule has 0 amide bonds. The van der Waals surface area contributed by atoms with Crippen LogP contribution in [0.4, 0.5) is 10.1 Å². The summed E-state index contributed by atoms with van der Waals surface area (Å²) in [6.07, 6.45) is 1.98. The molecule has 1 aromatic heterocycles. The van der Waals surface area contributed by atoms with Gasteiger partial charge in [-0.1, -0.05) is 0 Å². The van der Waals surface area contributed by atoms with Crippen molar-refractivity contribution in [3.63, 3.8) is 0 Å². The number of carboxylic acids is 1. The monoisotopic (exact) mass is 274 g/mol. The molecule has 1 saturated heterocycles. The zero-order valence-electron chi connectivity index (χ0n) is 11.1. The topological polar surface area (TPSA) is 53.4 Å². The van der Waals surface area contributed by atoms with Gasteiger partial charge in [0.15, 0.2) is 0 Å². The predicted molar refractivity (Wildman–Crippen MR) is 75.0 cm³/mol. The van der Waals surface area contributed by atoms with Crippen LogP contribution in [0.25, 0.3) is 10.9 Å². The first kappa shape index (κ1) is 12.8. The van der Waals surface area contributed by atoms with Crippen LogP contribution in [0.1, 0.15) is 23.7 Å². The lowest BCUT2D eigenvalue weighted by atomic mass is 10.1. The predicted octanol–water partition coefficient (Wildman–Crippen LogP) is 2.87. The Kier molecular flexibility index (Phi) is 2.85. The number of hydrogen-bond acceptors (Lipinski definition) is 3. The molecule has 0 aliphatic carbocycles. The fraction of sp³-hybridized carbons (Fsp3) is 0.333. The molecule has 2 heterocycles. The second-order valence-electron chi connectivity index (χ2n) is 5.45. The van der Waals surface area contributed by atoms with Gasteiger partial charge < -0.3 is 10.0 Å². The van der Waals surface area contributed by atoms with Crippen LogP contribution in [0.3, 0.4) is 0 Å². The molecule has 1 aromatic carbocycles. The standard InChI is InChI=1S/C15H15FN2O2/c1-15(16)5-7-18(9-15)10-2-3-13-12(8-10)11(14(19)20)4-6-17-13/h2-4,6,8H,5,7,9H2,1H3,(H,19,20). The Labute approximate surface area is 115 Å². The quantitative estimate of drug-likeness (QED) is 0.915. The molecule has 1 unspecified atom stereocenters. The molecule has 3 rings (SSSR count). The van der Waals surface area contributed by atoms with E-state index >= 15 is 0 Å². The van der Waals surface area contributed by atoms with E-state index < -0.39 is 11.6 Å². The molecule has 2 aromatic rings. The number of fused-ring (bicyclic) bond motifs is 1. The number of carboxylic acid groups (broad SMARTS) is 1. The Morgan fingerprint density at radius 3 is 2.90 bits per heavy atom. The van der Waals surface area contributed by atoms with Crippen molar-refractivity contribution in [1.29, 1.82) is 0 Å². The molecule has 1 atom stereocenters. The minimum absolute atomic E-state index is 0.221. The number of benzene rings is 1. The number of alkyl halides is 1. The van der Waals surface area contributed by atoms with Crippen LogP contribution in [0.5, 0.6) is 0 Å².